The zero-order valence-corrected chi connectivity index (χ0v) is 22.7. The Hall–Kier alpha value is -2.70. The molecule has 0 bridgehead atoms. The molecular weight excluding hydrogens is 531 g/mol. The minimum Gasteiger partial charge on any atom is -0.347 e. The van der Waals surface area contributed by atoms with Crippen molar-refractivity contribution in [3.8, 4) is 11.1 Å². The van der Waals surface area contributed by atoms with E-state index in [0.29, 0.717) is 12.2 Å². The number of carbonyl (C=O) groups is 1. The van der Waals surface area contributed by atoms with E-state index in [9.17, 15) is 21.6 Å². The highest BCUT2D eigenvalue weighted by Gasteiger charge is 2.40. The fourth-order valence-corrected chi connectivity index (χ4v) is 7.71. The molecule has 0 aliphatic carbocycles. The summed E-state index contributed by atoms with van der Waals surface area (Å²) in [5.41, 5.74) is 2.69. The van der Waals surface area contributed by atoms with Crippen molar-refractivity contribution in [1.82, 2.24) is 14.3 Å². The molecule has 3 aromatic rings. The lowest BCUT2D eigenvalue weighted by Gasteiger charge is -2.26. The number of rotatable bonds is 10. The van der Waals surface area contributed by atoms with Gasteiger partial charge in [-0.15, -0.1) is 11.8 Å². The van der Waals surface area contributed by atoms with Gasteiger partial charge in [-0.05, 0) is 35.2 Å². The molecule has 0 saturated carbocycles. The monoisotopic (exact) mass is 563 g/mol. The average molecular weight is 564 g/mol. The fourth-order valence-electron chi connectivity index (χ4n) is 4.13. The number of sulfonamides is 2. The first-order valence-corrected chi connectivity index (χ1v) is 16.1. The van der Waals surface area contributed by atoms with Crippen LogP contribution in [0.1, 0.15) is 20.9 Å². The number of nitrogens with one attached hydrogen (secondary N) is 2. The van der Waals surface area contributed by atoms with Crippen molar-refractivity contribution in [2.45, 2.75) is 22.7 Å². The lowest BCUT2D eigenvalue weighted by molar-refractivity contribution is -0.122. The molecule has 1 heterocycles. The van der Waals surface area contributed by atoms with E-state index in [0.717, 1.165) is 22.9 Å². The number of thioether (sulfide) groups is 1. The molecule has 37 heavy (non-hydrogen) atoms. The van der Waals surface area contributed by atoms with Gasteiger partial charge in [0.1, 0.15) is 5.37 Å². The quantitative estimate of drug-likeness (QED) is 0.389. The molecule has 2 atom stereocenters. The number of hydrogen-bond acceptors (Lipinski definition) is 6. The van der Waals surface area contributed by atoms with Gasteiger partial charge in [-0.1, -0.05) is 72.8 Å². The molecule has 1 fully saturated rings. The maximum Gasteiger partial charge on any atom is 0.249 e. The van der Waals surface area contributed by atoms with E-state index in [-0.39, 0.29) is 20.8 Å². The van der Waals surface area contributed by atoms with Gasteiger partial charge in [0.05, 0.1) is 17.2 Å². The average Bonchev–Trinajstić information content (AvgIpc) is 3.40. The van der Waals surface area contributed by atoms with Gasteiger partial charge in [0.25, 0.3) is 0 Å². The van der Waals surface area contributed by atoms with E-state index in [1.165, 1.54) is 16.1 Å². The van der Waals surface area contributed by atoms with Crippen LogP contribution < -0.4 is 10.0 Å². The summed E-state index contributed by atoms with van der Waals surface area (Å²) in [5, 5.41) is 2.02. The van der Waals surface area contributed by atoms with Crippen LogP contribution in [0.25, 0.3) is 11.1 Å². The van der Waals surface area contributed by atoms with Crippen LogP contribution in [0, 0.1) is 0 Å². The molecule has 8 nitrogen and oxygen atoms in total. The van der Waals surface area contributed by atoms with Gasteiger partial charge >= 0.3 is 0 Å². The Labute approximate surface area is 225 Å². The fraction of sp³-hybridized carbons (Fsp3) is 0.269. The van der Waals surface area contributed by atoms with Gasteiger partial charge in [0, 0.05) is 21.7 Å². The normalized spacial score (nSPS) is 17.4. The van der Waals surface area contributed by atoms with Crippen LogP contribution in [-0.2, 0) is 24.8 Å². The highest BCUT2D eigenvalue weighted by molar-refractivity contribution is 8.02. The molecule has 1 aliphatic rings. The molecule has 2 N–H and O–H groups in total. The Morgan fingerprint density at radius 2 is 1.54 bits per heavy atom. The summed E-state index contributed by atoms with van der Waals surface area (Å²) in [7, 11) is -7.29. The maximum atomic E-state index is 13.5. The van der Waals surface area contributed by atoms with Gasteiger partial charge < -0.3 is 5.32 Å². The van der Waals surface area contributed by atoms with Gasteiger partial charge in [-0.3, -0.25) is 4.79 Å². The Bertz CT molecular complexity index is 1430. The van der Waals surface area contributed by atoms with Crippen molar-refractivity contribution in [1.29, 1.82) is 0 Å². The van der Waals surface area contributed by atoms with Crippen molar-refractivity contribution in [3.63, 3.8) is 0 Å². The maximum absolute atomic E-state index is 13.5. The van der Waals surface area contributed by atoms with Gasteiger partial charge in [-0.25, -0.2) is 21.6 Å². The molecule has 3 aromatic carbocycles. The van der Waals surface area contributed by atoms with Crippen LogP contribution in [-0.4, -0.2) is 57.5 Å². The van der Waals surface area contributed by atoms with Crippen LogP contribution in [0.3, 0.4) is 0 Å². The van der Waals surface area contributed by atoms with Crippen LogP contribution in [0.5, 0.6) is 0 Å². The smallest absolute Gasteiger partial charge is 0.249 e. The van der Waals surface area contributed by atoms with E-state index in [4.69, 9.17) is 0 Å². The van der Waals surface area contributed by atoms with Gasteiger partial charge in [-0.2, -0.15) is 4.31 Å². The van der Waals surface area contributed by atoms with Crippen LogP contribution in [0.4, 0.5) is 0 Å². The third-order valence-corrected chi connectivity index (χ3v) is 9.90. The second-order valence-electron chi connectivity index (χ2n) is 8.66. The molecule has 0 spiro atoms. The summed E-state index contributed by atoms with van der Waals surface area (Å²) in [6, 6.07) is 25.0. The van der Waals surface area contributed by atoms with Crippen LogP contribution in [0.15, 0.2) is 89.8 Å². The van der Waals surface area contributed by atoms with Crippen molar-refractivity contribution in [2.75, 3.05) is 25.1 Å². The van der Waals surface area contributed by atoms with E-state index < -0.39 is 37.4 Å². The zero-order valence-electron chi connectivity index (χ0n) is 20.3. The third kappa shape index (κ3) is 6.99. The second kappa shape index (κ2) is 11.8. The predicted octanol–water partition coefficient (Wildman–Crippen LogP) is 3.71. The predicted molar refractivity (Wildman–Crippen MR) is 151 cm³/mol. The molecule has 4 rings (SSSR count). The van der Waals surface area contributed by atoms with E-state index in [2.05, 4.69) is 10.0 Å². The molecule has 1 saturated heterocycles. The van der Waals surface area contributed by atoms with Crippen molar-refractivity contribution in [3.05, 3.63) is 90.5 Å². The highest BCUT2D eigenvalue weighted by atomic mass is 32.2. The summed E-state index contributed by atoms with van der Waals surface area (Å²) in [4.78, 5) is 13.5. The number of benzene rings is 3. The Kier molecular flexibility index (Phi) is 8.71. The minimum atomic E-state index is -3.91. The van der Waals surface area contributed by atoms with Crippen molar-refractivity contribution >= 4 is 37.7 Å². The number of amides is 1. The summed E-state index contributed by atoms with van der Waals surface area (Å²) < 4.78 is 53.7. The topological polar surface area (TPSA) is 113 Å². The summed E-state index contributed by atoms with van der Waals surface area (Å²) >= 11 is 1.27. The Morgan fingerprint density at radius 1 is 0.946 bits per heavy atom. The molecule has 0 aromatic heterocycles. The largest absolute Gasteiger partial charge is 0.347 e. The lowest BCUT2D eigenvalue weighted by atomic mass is 10.0. The molecule has 2 unspecified atom stereocenters. The number of carbonyl (C=O) groups excluding carboxylic acids is 1. The molecule has 200 valence electrons. The lowest BCUT2D eigenvalue weighted by Crippen LogP contribution is -2.46. The number of nitrogens with zero attached hydrogens (tertiary/aromatic N) is 1. The van der Waals surface area contributed by atoms with Crippen LogP contribution >= 0.6 is 11.8 Å². The first-order chi connectivity index (χ1) is 17.6. The molecule has 11 heteroatoms. The molecule has 1 aliphatic heterocycles. The molecule has 1 amide bonds. The first kappa shape index (κ1) is 27.3. The first-order valence-electron chi connectivity index (χ1n) is 11.7. The summed E-state index contributed by atoms with van der Waals surface area (Å²) in [5.74, 6) is 0.0607. The summed E-state index contributed by atoms with van der Waals surface area (Å²) in [6.07, 6.45) is 1.39. The minimum absolute atomic E-state index is 0. The third-order valence-electron chi connectivity index (χ3n) is 5.96. The second-order valence-corrected chi connectivity index (χ2v) is 13.6. The van der Waals surface area contributed by atoms with Crippen molar-refractivity contribution in [2.24, 2.45) is 0 Å². The SMILES string of the molecule is CS(=O)(=O)NCCC(NC(=O)C1SCCN1S(=O)(=O)c1ccc(-c2ccccc2)cc1)c1ccccc1.[HH].[HH]. The Balaban J connectivity index is 0.00000267. The molecule has 0 radical (unpaired) electrons. The van der Waals surface area contributed by atoms with E-state index in [1.807, 2.05) is 60.7 Å². The van der Waals surface area contributed by atoms with Gasteiger partial charge in [0.2, 0.25) is 26.0 Å². The zero-order chi connectivity index (χ0) is 26.5. The highest BCUT2D eigenvalue weighted by Crippen LogP contribution is 2.32. The van der Waals surface area contributed by atoms with E-state index in [1.54, 1.807) is 24.3 Å². The van der Waals surface area contributed by atoms with Crippen LogP contribution in [0.2, 0.25) is 0 Å². The molecular formula is C26H33N3O5S3. The van der Waals surface area contributed by atoms with E-state index >= 15 is 0 Å². The Morgan fingerprint density at radius 3 is 2.16 bits per heavy atom. The summed E-state index contributed by atoms with van der Waals surface area (Å²) in [6.45, 7) is 0.351. The standard InChI is InChI=1S/C26H29N3O5S3.2H2/c1-36(31,32)27-17-16-24(22-10-6-3-7-11-22)28-25(30)26-29(18-19-35-26)37(33,34)23-14-12-21(13-15-23)20-8-4-2-5-9-20;;/h2-15,24,26-27H,16-19H2,1H3,(H,28,30);2*1H. The number of hydrogen-bond donors (Lipinski definition) is 2. The van der Waals surface area contributed by atoms with Gasteiger partial charge in [0.15, 0.2) is 0 Å². The van der Waals surface area contributed by atoms with Crippen molar-refractivity contribution < 1.29 is 24.5 Å².